The van der Waals surface area contributed by atoms with Crippen molar-refractivity contribution < 1.29 is 31.1 Å². The van der Waals surface area contributed by atoms with Crippen molar-refractivity contribution in [2.45, 2.75) is 11.1 Å². The highest BCUT2D eigenvalue weighted by atomic mass is 35.5. The van der Waals surface area contributed by atoms with Crippen LogP contribution in [0.5, 0.6) is 5.75 Å². The van der Waals surface area contributed by atoms with E-state index >= 15 is 0 Å². The largest absolute Gasteiger partial charge is 0.482 e. The lowest BCUT2D eigenvalue weighted by atomic mass is 10.1. The molecular weight excluding hydrogens is 517 g/mol. The standard InChI is InChI=1S/C25H18ClF3N2O4S/c26-21-14-19(36(33,34)31-18-8-4-7-17(13-18)25(27,28)29)11-12-23(21)35-15-24(32)30-22-10-3-6-16-5-1-2-9-20(16)22/h1-14,31H,15H2,(H,30,32). The zero-order chi connectivity index (χ0) is 25.9. The molecule has 0 unspecified atom stereocenters. The van der Waals surface area contributed by atoms with Gasteiger partial charge in [0.15, 0.2) is 6.61 Å². The number of amides is 1. The molecule has 0 aliphatic carbocycles. The van der Waals surface area contributed by atoms with Crippen molar-refractivity contribution >= 4 is 49.7 Å². The highest BCUT2D eigenvalue weighted by molar-refractivity contribution is 7.92. The van der Waals surface area contributed by atoms with Crippen LogP contribution in [0.2, 0.25) is 5.02 Å². The Balaban J connectivity index is 1.43. The summed E-state index contributed by atoms with van der Waals surface area (Å²) >= 11 is 6.15. The van der Waals surface area contributed by atoms with Gasteiger partial charge in [0.1, 0.15) is 5.75 Å². The van der Waals surface area contributed by atoms with Gasteiger partial charge < -0.3 is 10.1 Å². The molecule has 0 heterocycles. The molecule has 11 heteroatoms. The summed E-state index contributed by atoms with van der Waals surface area (Å²) in [4.78, 5) is 12.1. The number of anilines is 2. The maximum absolute atomic E-state index is 12.9. The summed E-state index contributed by atoms with van der Waals surface area (Å²) in [5.41, 5.74) is -0.646. The molecule has 0 fully saturated rings. The zero-order valence-corrected chi connectivity index (χ0v) is 19.9. The first-order valence-corrected chi connectivity index (χ1v) is 12.3. The number of hydrogen-bond acceptors (Lipinski definition) is 4. The Labute approximate surface area is 209 Å². The molecule has 0 saturated heterocycles. The molecule has 0 bridgehead atoms. The quantitative estimate of drug-likeness (QED) is 0.290. The fourth-order valence-corrected chi connectivity index (χ4v) is 4.78. The summed E-state index contributed by atoms with van der Waals surface area (Å²) in [6.07, 6.45) is -4.62. The van der Waals surface area contributed by atoms with E-state index in [-0.39, 0.29) is 21.4 Å². The van der Waals surface area contributed by atoms with Gasteiger partial charge in [-0.1, -0.05) is 54.1 Å². The fourth-order valence-electron chi connectivity index (χ4n) is 3.40. The Morgan fingerprint density at radius 2 is 1.64 bits per heavy atom. The molecule has 36 heavy (non-hydrogen) atoms. The van der Waals surface area contributed by atoms with Crippen molar-refractivity contribution in [1.29, 1.82) is 0 Å². The predicted octanol–water partition coefficient (Wildman–Crippen LogP) is 6.33. The Kier molecular flexibility index (Phi) is 7.09. The third-order valence-electron chi connectivity index (χ3n) is 5.08. The van der Waals surface area contributed by atoms with E-state index in [4.69, 9.17) is 16.3 Å². The Bertz CT molecular complexity index is 1540. The van der Waals surface area contributed by atoms with Crippen LogP contribution < -0.4 is 14.8 Å². The van der Waals surface area contributed by atoms with Crippen molar-refractivity contribution in [1.82, 2.24) is 0 Å². The monoisotopic (exact) mass is 534 g/mol. The summed E-state index contributed by atoms with van der Waals surface area (Å²) in [6, 6.07) is 20.3. The number of carbonyl (C=O) groups excluding carboxylic acids is 1. The molecule has 0 aliphatic rings. The molecule has 4 rings (SSSR count). The van der Waals surface area contributed by atoms with Gasteiger partial charge in [0.25, 0.3) is 15.9 Å². The van der Waals surface area contributed by atoms with E-state index in [0.29, 0.717) is 11.8 Å². The van der Waals surface area contributed by atoms with E-state index in [9.17, 15) is 26.4 Å². The van der Waals surface area contributed by atoms with Crippen LogP contribution in [0.15, 0.2) is 89.8 Å². The van der Waals surface area contributed by atoms with E-state index in [1.807, 2.05) is 36.4 Å². The lowest BCUT2D eigenvalue weighted by Gasteiger charge is -2.13. The van der Waals surface area contributed by atoms with Crippen LogP contribution in [0.25, 0.3) is 10.8 Å². The SMILES string of the molecule is O=C(COc1ccc(S(=O)(=O)Nc2cccc(C(F)(F)F)c2)cc1Cl)Nc1cccc2ccccc12. The first kappa shape index (κ1) is 25.3. The van der Waals surface area contributed by atoms with E-state index in [0.717, 1.165) is 29.0 Å². The molecule has 0 aromatic heterocycles. The van der Waals surface area contributed by atoms with Crippen molar-refractivity contribution in [3.05, 3.63) is 95.5 Å². The number of fused-ring (bicyclic) bond motifs is 1. The summed E-state index contributed by atoms with van der Waals surface area (Å²) in [7, 11) is -4.24. The number of hydrogen-bond donors (Lipinski definition) is 2. The van der Waals surface area contributed by atoms with Crippen LogP contribution in [0.4, 0.5) is 24.5 Å². The number of carbonyl (C=O) groups is 1. The molecular formula is C25H18ClF3N2O4S. The molecule has 0 atom stereocenters. The molecule has 0 spiro atoms. The van der Waals surface area contributed by atoms with Gasteiger partial charge in [0, 0.05) is 16.8 Å². The van der Waals surface area contributed by atoms with Crippen LogP contribution in [-0.2, 0) is 21.0 Å². The summed E-state index contributed by atoms with van der Waals surface area (Å²) in [5, 5.41) is 4.47. The van der Waals surface area contributed by atoms with Crippen LogP contribution >= 0.6 is 11.6 Å². The molecule has 6 nitrogen and oxygen atoms in total. The van der Waals surface area contributed by atoms with Gasteiger partial charge in [0.05, 0.1) is 15.5 Å². The summed E-state index contributed by atoms with van der Waals surface area (Å²) < 4.78 is 71.5. The maximum Gasteiger partial charge on any atom is 0.416 e. The maximum atomic E-state index is 12.9. The second kappa shape index (κ2) is 10.1. The number of nitrogens with one attached hydrogen (secondary N) is 2. The van der Waals surface area contributed by atoms with Gasteiger partial charge in [-0.25, -0.2) is 8.42 Å². The fraction of sp³-hybridized carbons (Fsp3) is 0.0800. The molecule has 4 aromatic rings. The lowest BCUT2D eigenvalue weighted by molar-refractivity contribution is -0.137. The third kappa shape index (κ3) is 5.89. The van der Waals surface area contributed by atoms with E-state index in [2.05, 4.69) is 10.0 Å². The number of alkyl halides is 3. The molecule has 0 saturated carbocycles. The van der Waals surface area contributed by atoms with E-state index in [1.54, 1.807) is 6.07 Å². The molecule has 0 aliphatic heterocycles. The number of ether oxygens (including phenoxy) is 1. The Morgan fingerprint density at radius 1 is 0.917 bits per heavy atom. The van der Waals surface area contributed by atoms with Crippen LogP contribution in [0, 0.1) is 0 Å². The van der Waals surface area contributed by atoms with Crippen molar-refractivity contribution in [3.63, 3.8) is 0 Å². The summed E-state index contributed by atoms with van der Waals surface area (Å²) in [5.74, 6) is -0.395. The predicted molar refractivity (Wildman–Crippen MR) is 132 cm³/mol. The molecule has 4 aromatic carbocycles. The minimum Gasteiger partial charge on any atom is -0.482 e. The number of halogens is 4. The van der Waals surface area contributed by atoms with Gasteiger partial charge in [0.2, 0.25) is 0 Å². The number of sulfonamides is 1. The molecule has 2 N–H and O–H groups in total. The van der Waals surface area contributed by atoms with Gasteiger partial charge >= 0.3 is 6.18 Å². The highest BCUT2D eigenvalue weighted by Crippen LogP contribution is 2.32. The average Bonchev–Trinajstić information content (AvgIpc) is 2.83. The first-order valence-electron chi connectivity index (χ1n) is 10.4. The second-order valence-electron chi connectivity index (χ2n) is 7.64. The van der Waals surface area contributed by atoms with Crippen LogP contribution in [0.1, 0.15) is 5.56 Å². The molecule has 0 radical (unpaired) electrons. The van der Waals surface area contributed by atoms with E-state index in [1.165, 1.54) is 18.2 Å². The average molecular weight is 535 g/mol. The van der Waals surface area contributed by atoms with Gasteiger partial charge in [-0.2, -0.15) is 13.2 Å². The number of rotatable bonds is 7. The number of benzene rings is 4. The third-order valence-corrected chi connectivity index (χ3v) is 6.75. The Morgan fingerprint density at radius 3 is 2.39 bits per heavy atom. The van der Waals surface area contributed by atoms with Crippen LogP contribution in [0.3, 0.4) is 0 Å². The van der Waals surface area contributed by atoms with Crippen molar-refractivity contribution in [2.24, 2.45) is 0 Å². The first-order chi connectivity index (χ1) is 17.0. The summed E-state index contributed by atoms with van der Waals surface area (Å²) in [6.45, 7) is -0.391. The topological polar surface area (TPSA) is 84.5 Å². The lowest BCUT2D eigenvalue weighted by Crippen LogP contribution is -2.20. The van der Waals surface area contributed by atoms with Gasteiger partial charge in [-0.05, 0) is 47.9 Å². The van der Waals surface area contributed by atoms with Gasteiger partial charge in [-0.15, -0.1) is 0 Å². The van der Waals surface area contributed by atoms with E-state index < -0.39 is 34.3 Å². The molecule has 186 valence electrons. The minimum atomic E-state index is -4.62. The van der Waals surface area contributed by atoms with Crippen molar-refractivity contribution in [2.75, 3.05) is 16.6 Å². The minimum absolute atomic E-state index is 0.0581. The smallest absolute Gasteiger partial charge is 0.416 e. The molecule has 1 amide bonds. The zero-order valence-electron chi connectivity index (χ0n) is 18.3. The van der Waals surface area contributed by atoms with Gasteiger partial charge in [-0.3, -0.25) is 9.52 Å². The highest BCUT2D eigenvalue weighted by Gasteiger charge is 2.30. The Hall–Kier alpha value is -3.76. The second-order valence-corrected chi connectivity index (χ2v) is 9.73. The normalized spacial score (nSPS) is 11.8. The van der Waals surface area contributed by atoms with Crippen molar-refractivity contribution in [3.8, 4) is 5.75 Å². The van der Waals surface area contributed by atoms with Crippen LogP contribution in [-0.4, -0.2) is 20.9 Å².